The lowest BCUT2D eigenvalue weighted by atomic mass is 9.95. The minimum atomic E-state index is -0.472. The van der Waals surface area contributed by atoms with E-state index in [-0.39, 0.29) is 6.04 Å². The molecule has 1 saturated heterocycles. The first-order chi connectivity index (χ1) is 5.75. The van der Waals surface area contributed by atoms with Gasteiger partial charge in [-0.2, -0.15) is 0 Å². The number of nitrogens with one attached hydrogen (secondary N) is 2. The van der Waals surface area contributed by atoms with Gasteiger partial charge in [0.25, 0.3) is 0 Å². The number of hydrogen-bond acceptors (Lipinski definition) is 3. The molecule has 0 saturated carbocycles. The second kappa shape index (κ2) is 4.42. The summed E-state index contributed by atoms with van der Waals surface area (Å²) in [5.74, 6) is 0.371. The van der Waals surface area contributed by atoms with E-state index < -0.39 is 6.10 Å². The maximum absolute atomic E-state index is 10.2. The van der Waals surface area contributed by atoms with Crippen LogP contribution in [0.3, 0.4) is 0 Å². The lowest BCUT2D eigenvalue weighted by Crippen LogP contribution is -2.44. The van der Waals surface area contributed by atoms with Crippen molar-refractivity contribution in [2.45, 2.75) is 25.5 Å². The largest absolute Gasteiger partial charge is 0.391 e. The minimum absolute atomic E-state index is 0.0995. The second-order valence-electron chi connectivity index (χ2n) is 3.30. The zero-order chi connectivity index (χ0) is 8.97. The van der Waals surface area contributed by atoms with E-state index in [4.69, 9.17) is 0 Å². The van der Waals surface area contributed by atoms with Crippen LogP contribution in [-0.4, -0.2) is 36.8 Å². The number of aliphatic hydroxyl groups excluding tert-OH is 1. The van der Waals surface area contributed by atoms with Crippen molar-refractivity contribution in [1.29, 1.82) is 0 Å². The van der Waals surface area contributed by atoms with Crippen molar-refractivity contribution >= 4 is 6.41 Å². The van der Waals surface area contributed by atoms with Crippen LogP contribution < -0.4 is 10.6 Å². The number of rotatable bonds is 4. The van der Waals surface area contributed by atoms with Gasteiger partial charge in [0, 0.05) is 6.54 Å². The highest BCUT2D eigenvalue weighted by atomic mass is 16.3. The molecule has 12 heavy (non-hydrogen) atoms. The molecule has 0 aliphatic carbocycles. The minimum Gasteiger partial charge on any atom is -0.391 e. The van der Waals surface area contributed by atoms with Gasteiger partial charge < -0.3 is 15.7 Å². The smallest absolute Gasteiger partial charge is 0.207 e. The molecule has 1 aliphatic heterocycles. The number of carbonyl (C=O) groups excluding carboxylic acids is 1. The van der Waals surface area contributed by atoms with Crippen LogP contribution in [-0.2, 0) is 4.79 Å². The molecule has 1 aliphatic rings. The van der Waals surface area contributed by atoms with Crippen molar-refractivity contribution in [3.63, 3.8) is 0 Å². The SMILES string of the molecule is CC(O)C(NC=O)C1CCNC1. The normalized spacial score (nSPS) is 28.0. The highest BCUT2D eigenvalue weighted by Crippen LogP contribution is 2.14. The topological polar surface area (TPSA) is 61.4 Å². The molecule has 0 aromatic rings. The first-order valence-electron chi connectivity index (χ1n) is 4.34. The number of amides is 1. The molecule has 4 nitrogen and oxygen atoms in total. The molecule has 1 rings (SSSR count). The maximum Gasteiger partial charge on any atom is 0.207 e. The van der Waals surface area contributed by atoms with E-state index in [1.165, 1.54) is 0 Å². The van der Waals surface area contributed by atoms with Crippen LogP contribution >= 0.6 is 0 Å². The van der Waals surface area contributed by atoms with E-state index in [2.05, 4.69) is 10.6 Å². The van der Waals surface area contributed by atoms with Gasteiger partial charge in [-0.1, -0.05) is 0 Å². The van der Waals surface area contributed by atoms with E-state index in [0.717, 1.165) is 19.5 Å². The van der Waals surface area contributed by atoms with Crippen LogP contribution in [0.15, 0.2) is 0 Å². The molecule has 3 unspecified atom stereocenters. The number of aliphatic hydroxyl groups is 1. The molecule has 1 heterocycles. The summed E-state index contributed by atoms with van der Waals surface area (Å²) in [6.07, 6.45) is 1.21. The summed E-state index contributed by atoms with van der Waals surface area (Å²) in [6.45, 7) is 3.57. The fourth-order valence-corrected chi connectivity index (χ4v) is 1.73. The molecule has 0 aromatic heterocycles. The van der Waals surface area contributed by atoms with Crippen LogP contribution in [0.2, 0.25) is 0 Å². The van der Waals surface area contributed by atoms with Crippen LogP contribution in [0.4, 0.5) is 0 Å². The Balaban J connectivity index is 2.45. The van der Waals surface area contributed by atoms with Gasteiger partial charge in [0.15, 0.2) is 0 Å². The van der Waals surface area contributed by atoms with E-state index in [0.29, 0.717) is 12.3 Å². The van der Waals surface area contributed by atoms with Crippen LogP contribution in [0.5, 0.6) is 0 Å². The summed E-state index contributed by atoms with van der Waals surface area (Å²) in [4.78, 5) is 10.2. The molecule has 4 heteroatoms. The van der Waals surface area contributed by atoms with Crippen molar-refractivity contribution in [2.24, 2.45) is 5.92 Å². The Morgan fingerprint density at radius 1 is 1.75 bits per heavy atom. The monoisotopic (exact) mass is 172 g/mol. The van der Waals surface area contributed by atoms with Gasteiger partial charge in [-0.3, -0.25) is 4.79 Å². The lowest BCUT2D eigenvalue weighted by molar-refractivity contribution is -0.111. The van der Waals surface area contributed by atoms with E-state index in [1.807, 2.05) is 0 Å². The molecule has 1 amide bonds. The van der Waals surface area contributed by atoms with Gasteiger partial charge in [0.05, 0.1) is 12.1 Å². The van der Waals surface area contributed by atoms with Crippen molar-refractivity contribution in [2.75, 3.05) is 13.1 Å². The molecular formula is C8H16N2O2. The van der Waals surface area contributed by atoms with Gasteiger partial charge >= 0.3 is 0 Å². The van der Waals surface area contributed by atoms with Gasteiger partial charge in [-0.15, -0.1) is 0 Å². The molecule has 0 aromatic carbocycles. The van der Waals surface area contributed by atoms with Gasteiger partial charge in [-0.25, -0.2) is 0 Å². The van der Waals surface area contributed by atoms with E-state index in [9.17, 15) is 9.90 Å². The third-order valence-electron chi connectivity index (χ3n) is 2.39. The Hall–Kier alpha value is -0.610. The zero-order valence-corrected chi connectivity index (χ0v) is 7.29. The molecular weight excluding hydrogens is 156 g/mol. The standard InChI is InChI=1S/C8H16N2O2/c1-6(12)8(10-5-11)7-2-3-9-4-7/h5-9,12H,2-4H2,1H3,(H,10,11). The predicted octanol–water partition coefficient (Wildman–Crippen LogP) is -0.909. The van der Waals surface area contributed by atoms with Crippen molar-refractivity contribution in [3.8, 4) is 0 Å². The molecule has 70 valence electrons. The summed E-state index contributed by atoms with van der Waals surface area (Å²) >= 11 is 0. The number of hydrogen-bond donors (Lipinski definition) is 3. The van der Waals surface area contributed by atoms with Crippen LogP contribution in [0.25, 0.3) is 0 Å². The summed E-state index contributed by atoms with van der Waals surface area (Å²) in [5, 5.41) is 15.2. The maximum atomic E-state index is 10.2. The number of carbonyl (C=O) groups is 1. The van der Waals surface area contributed by atoms with Gasteiger partial charge in [0.2, 0.25) is 6.41 Å². The Bertz CT molecular complexity index is 144. The highest BCUT2D eigenvalue weighted by molar-refractivity contribution is 5.47. The fourth-order valence-electron chi connectivity index (χ4n) is 1.73. The first kappa shape index (κ1) is 9.48. The third-order valence-corrected chi connectivity index (χ3v) is 2.39. The second-order valence-corrected chi connectivity index (χ2v) is 3.30. The van der Waals surface area contributed by atoms with E-state index in [1.54, 1.807) is 6.92 Å². The first-order valence-corrected chi connectivity index (χ1v) is 4.34. The molecule has 3 atom stereocenters. The highest BCUT2D eigenvalue weighted by Gasteiger charge is 2.27. The molecule has 0 spiro atoms. The summed E-state index contributed by atoms with van der Waals surface area (Å²) in [5.41, 5.74) is 0. The van der Waals surface area contributed by atoms with Gasteiger partial charge in [0.1, 0.15) is 0 Å². The van der Waals surface area contributed by atoms with Crippen LogP contribution in [0.1, 0.15) is 13.3 Å². The quantitative estimate of drug-likeness (QED) is 0.481. The zero-order valence-electron chi connectivity index (χ0n) is 7.29. The van der Waals surface area contributed by atoms with Crippen molar-refractivity contribution in [3.05, 3.63) is 0 Å². The molecule has 3 N–H and O–H groups in total. The summed E-state index contributed by atoms with van der Waals surface area (Å²) in [7, 11) is 0. The Morgan fingerprint density at radius 3 is 2.92 bits per heavy atom. The fraction of sp³-hybridized carbons (Fsp3) is 0.875. The lowest BCUT2D eigenvalue weighted by Gasteiger charge is -2.24. The van der Waals surface area contributed by atoms with Gasteiger partial charge in [-0.05, 0) is 25.8 Å². The summed E-state index contributed by atoms with van der Waals surface area (Å²) < 4.78 is 0. The average molecular weight is 172 g/mol. The Kier molecular flexibility index (Phi) is 3.49. The molecule has 0 radical (unpaired) electrons. The Labute approximate surface area is 72.3 Å². The van der Waals surface area contributed by atoms with Crippen LogP contribution in [0, 0.1) is 5.92 Å². The third kappa shape index (κ3) is 2.19. The average Bonchev–Trinajstić information content (AvgIpc) is 2.51. The van der Waals surface area contributed by atoms with E-state index >= 15 is 0 Å². The van der Waals surface area contributed by atoms with Crippen molar-refractivity contribution < 1.29 is 9.90 Å². The Morgan fingerprint density at radius 2 is 2.50 bits per heavy atom. The predicted molar refractivity (Wildman–Crippen MR) is 45.6 cm³/mol. The molecule has 0 bridgehead atoms. The molecule has 1 fully saturated rings. The van der Waals surface area contributed by atoms with Crippen molar-refractivity contribution in [1.82, 2.24) is 10.6 Å². The summed E-state index contributed by atoms with van der Waals surface area (Å²) in [6, 6.07) is -0.0995.